The van der Waals surface area contributed by atoms with Crippen molar-refractivity contribution in [3.05, 3.63) is 64.7 Å². The fourth-order valence-electron chi connectivity index (χ4n) is 3.31. The predicted molar refractivity (Wildman–Crippen MR) is 106 cm³/mol. The van der Waals surface area contributed by atoms with Crippen molar-refractivity contribution >= 4 is 27.5 Å². The Bertz CT molecular complexity index is 1000. The molecule has 0 radical (unpaired) electrons. The maximum absolute atomic E-state index is 12.8. The summed E-state index contributed by atoms with van der Waals surface area (Å²) < 4.78 is 65.1. The predicted octanol–water partition coefficient (Wildman–Crippen LogP) is 4.08. The van der Waals surface area contributed by atoms with Crippen LogP contribution < -0.4 is 5.32 Å². The third-order valence-corrected chi connectivity index (χ3v) is 7.16. The van der Waals surface area contributed by atoms with Crippen LogP contribution >= 0.6 is 11.6 Å². The minimum Gasteiger partial charge on any atom is -0.352 e. The Morgan fingerprint density at radius 2 is 1.73 bits per heavy atom. The Kier molecular flexibility index (Phi) is 6.74. The average molecular weight is 461 g/mol. The molecule has 1 amide bonds. The van der Waals surface area contributed by atoms with E-state index in [1.165, 1.54) is 40.7 Å². The number of hydrogen-bond donors (Lipinski definition) is 1. The highest BCUT2D eigenvalue weighted by molar-refractivity contribution is 7.89. The minimum atomic E-state index is -4.44. The van der Waals surface area contributed by atoms with Crippen molar-refractivity contribution in [1.29, 1.82) is 0 Å². The summed E-state index contributed by atoms with van der Waals surface area (Å²) >= 11 is 5.80. The largest absolute Gasteiger partial charge is 0.416 e. The second kappa shape index (κ2) is 8.95. The maximum atomic E-state index is 12.8. The molecule has 0 atom stereocenters. The van der Waals surface area contributed by atoms with Crippen molar-refractivity contribution in [3.63, 3.8) is 0 Å². The van der Waals surface area contributed by atoms with Gasteiger partial charge in [-0.05, 0) is 54.8 Å². The fraction of sp³-hybridized carbons (Fsp3) is 0.350. The fourth-order valence-corrected chi connectivity index (χ4v) is 4.90. The smallest absolute Gasteiger partial charge is 0.352 e. The molecule has 5 nitrogen and oxygen atoms in total. The van der Waals surface area contributed by atoms with Crippen LogP contribution in [0.15, 0.2) is 53.4 Å². The molecular weight excluding hydrogens is 441 g/mol. The van der Waals surface area contributed by atoms with Crippen molar-refractivity contribution in [2.45, 2.75) is 30.5 Å². The van der Waals surface area contributed by atoms with Gasteiger partial charge in [0.15, 0.2) is 0 Å². The Hall–Kier alpha value is -2.10. The van der Waals surface area contributed by atoms with Gasteiger partial charge < -0.3 is 5.32 Å². The van der Waals surface area contributed by atoms with Crippen LogP contribution in [0.4, 0.5) is 13.2 Å². The second-order valence-corrected chi connectivity index (χ2v) is 9.42. The lowest BCUT2D eigenvalue weighted by Crippen LogP contribution is -2.42. The van der Waals surface area contributed by atoms with Crippen molar-refractivity contribution < 1.29 is 26.4 Å². The quantitative estimate of drug-likeness (QED) is 0.731. The maximum Gasteiger partial charge on any atom is 0.416 e. The van der Waals surface area contributed by atoms with Crippen LogP contribution in [0.1, 0.15) is 24.0 Å². The second-order valence-electron chi connectivity index (χ2n) is 7.05. The van der Waals surface area contributed by atoms with Gasteiger partial charge in [0.25, 0.3) is 0 Å². The van der Waals surface area contributed by atoms with Gasteiger partial charge in [0.05, 0.1) is 10.5 Å². The standard InChI is InChI=1S/C20H20ClF3N2O3S/c21-17-4-6-18(7-5-17)30(28,29)26-10-8-15(9-11-26)19(27)25-13-14-2-1-3-16(12-14)20(22,23)24/h1-7,12,15H,8-11,13H2,(H,25,27). The number of nitrogens with one attached hydrogen (secondary N) is 1. The van der Waals surface area contributed by atoms with Gasteiger partial charge in [0.2, 0.25) is 15.9 Å². The highest BCUT2D eigenvalue weighted by Crippen LogP contribution is 2.29. The molecule has 0 unspecified atom stereocenters. The highest BCUT2D eigenvalue weighted by Gasteiger charge is 2.32. The Morgan fingerprint density at radius 1 is 1.10 bits per heavy atom. The van der Waals surface area contributed by atoms with E-state index in [9.17, 15) is 26.4 Å². The van der Waals surface area contributed by atoms with E-state index in [-0.39, 0.29) is 30.4 Å². The van der Waals surface area contributed by atoms with Crippen LogP contribution in [-0.2, 0) is 27.5 Å². The molecule has 0 saturated carbocycles. The first kappa shape index (κ1) is 22.6. The summed E-state index contributed by atoms with van der Waals surface area (Å²) in [6.07, 6.45) is -3.77. The van der Waals surface area contributed by atoms with Crippen LogP contribution in [0.2, 0.25) is 5.02 Å². The molecule has 2 aromatic carbocycles. The lowest BCUT2D eigenvalue weighted by Gasteiger charge is -2.30. The normalized spacial score (nSPS) is 16.4. The summed E-state index contributed by atoms with van der Waals surface area (Å²) in [5.41, 5.74) is -0.420. The molecule has 3 rings (SSSR count). The Balaban J connectivity index is 1.55. The Morgan fingerprint density at radius 3 is 2.33 bits per heavy atom. The molecule has 1 fully saturated rings. The van der Waals surface area contributed by atoms with Crippen LogP contribution in [0, 0.1) is 5.92 Å². The van der Waals surface area contributed by atoms with Crippen LogP contribution in [-0.4, -0.2) is 31.7 Å². The number of benzene rings is 2. The van der Waals surface area contributed by atoms with E-state index in [0.29, 0.717) is 23.4 Å². The molecule has 162 valence electrons. The topological polar surface area (TPSA) is 66.5 Å². The molecule has 1 aliphatic heterocycles. The zero-order valence-electron chi connectivity index (χ0n) is 15.8. The zero-order chi connectivity index (χ0) is 21.9. The lowest BCUT2D eigenvalue weighted by atomic mass is 9.97. The van der Waals surface area contributed by atoms with Gasteiger partial charge in [-0.2, -0.15) is 17.5 Å². The summed E-state index contributed by atoms with van der Waals surface area (Å²) in [4.78, 5) is 12.5. The number of rotatable bonds is 5. The van der Waals surface area contributed by atoms with E-state index in [0.717, 1.165) is 12.1 Å². The number of carbonyl (C=O) groups is 1. The molecule has 1 aliphatic rings. The van der Waals surface area contributed by atoms with Crippen molar-refractivity contribution in [2.75, 3.05) is 13.1 Å². The summed E-state index contributed by atoms with van der Waals surface area (Å²) in [5.74, 6) is -0.691. The van der Waals surface area contributed by atoms with E-state index >= 15 is 0 Å². The number of nitrogens with zero attached hydrogens (tertiary/aromatic N) is 1. The van der Waals surface area contributed by atoms with Crippen LogP contribution in [0.25, 0.3) is 0 Å². The number of amides is 1. The third kappa shape index (κ3) is 5.33. The van der Waals surface area contributed by atoms with Gasteiger partial charge in [-0.3, -0.25) is 4.79 Å². The molecule has 10 heteroatoms. The van der Waals surface area contributed by atoms with E-state index in [1.807, 2.05) is 0 Å². The summed E-state index contributed by atoms with van der Waals surface area (Å²) in [6, 6.07) is 10.7. The van der Waals surface area contributed by atoms with Crippen molar-refractivity contribution in [3.8, 4) is 0 Å². The molecule has 0 aromatic heterocycles. The number of carbonyl (C=O) groups excluding carboxylic acids is 1. The monoisotopic (exact) mass is 460 g/mol. The van der Waals surface area contributed by atoms with E-state index in [1.54, 1.807) is 0 Å². The SMILES string of the molecule is O=C(NCc1cccc(C(F)(F)F)c1)C1CCN(S(=O)(=O)c2ccc(Cl)cc2)CC1. The molecule has 0 aliphatic carbocycles. The van der Waals surface area contributed by atoms with E-state index in [4.69, 9.17) is 11.6 Å². The van der Waals surface area contributed by atoms with E-state index < -0.39 is 27.7 Å². The number of piperidine rings is 1. The van der Waals surface area contributed by atoms with Gasteiger partial charge in [0.1, 0.15) is 0 Å². The zero-order valence-corrected chi connectivity index (χ0v) is 17.4. The summed E-state index contributed by atoms with van der Waals surface area (Å²) in [5, 5.41) is 3.09. The summed E-state index contributed by atoms with van der Waals surface area (Å²) in [6.45, 7) is 0.352. The molecular formula is C20H20ClF3N2O3S. The molecule has 2 aromatic rings. The molecule has 0 bridgehead atoms. The number of sulfonamides is 1. The van der Waals surface area contributed by atoms with Gasteiger partial charge in [-0.25, -0.2) is 8.42 Å². The van der Waals surface area contributed by atoms with Gasteiger partial charge in [-0.15, -0.1) is 0 Å². The number of hydrogen-bond acceptors (Lipinski definition) is 3. The van der Waals surface area contributed by atoms with Crippen LogP contribution in [0.3, 0.4) is 0 Å². The molecule has 1 heterocycles. The third-order valence-electron chi connectivity index (χ3n) is 5.00. The van der Waals surface area contributed by atoms with Gasteiger partial charge in [-0.1, -0.05) is 23.7 Å². The molecule has 1 N–H and O–H groups in total. The van der Waals surface area contributed by atoms with Crippen LogP contribution in [0.5, 0.6) is 0 Å². The van der Waals surface area contributed by atoms with Gasteiger partial charge >= 0.3 is 6.18 Å². The average Bonchev–Trinajstić information content (AvgIpc) is 2.72. The highest BCUT2D eigenvalue weighted by atomic mass is 35.5. The van der Waals surface area contributed by atoms with E-state index in [2.05, 4.69) is 5.32 Å². The first-order valence-electron chi connectivity index (χ1n) is 9.27. The van der Waals surface area contributed by atoms with Gasteiger partial charge in [0, 0.05) is 30.6 Å². The first-order chi connectivity index (χ1) is 14.1. The summed E-state index contributed by atoms with van der Waals surface area (Å²) in [7, 11) is -3.67. The number of alkyl halides is 3. The lowest BCUT2D eigenvalue weighted by molar-refractivity contribution is -0.137. The minimum absolute atomic E-state index is 0.0218. The molecule has 30 heavy (non-hydrogen) atoms. The van der Waals surface area contributed by atoms with Crippen molar-refractivity contribution in [2.24, 2.45) is 5.92 Å². The van der Waals surface area contributed by atoms with Crippen molar-refractivity contribution in [1.82, 2.24) is 9.62 Å². The molecule has 0 spiro atoms. The number of halogens is 4. The first-order valence-corrected chi connectivity index (χ1v) is 11.1. The molecule has 1 saturated heterocycles. The Labute approximate surface area is 177 Å².